The molecule has 2 rings (SSSR count). The van der Waals surface area contributed by atoms with Crippen LogP contribution < -0.4 is 0 Å². The summed E-state index contributed by atoms with van der Waals surface area (Å²) in [4.78, 5) is 3.92. The van der Waals surface area contributed by atoms with Crippen LogP contribution >= 0.6 is 11.6 Å². The lowest BCUT2D eigenvalue weighted by Gasteiger charge is -2.09. The van der Waals surface area contributed by atoms with Gasteiger partial charge in [-0.25, -0.2) is 9.37 Å². The molecule has 2 nitrogen and oxygen atoms in total. The normalized spacial score (nSPS) is 12.3. The molecule has 2 aromatic rings. The molecule has 0 spiro atoms. The monoisotopic (exact) mass is 280 g/mol. The van der Waals surface area contributed by atoms with Gasteiger partial charge < -0.3 is 4.57 Å². The van der Waals surface area contributed by atoms with Gasteiger partial charge in [-0.3, -0.25) is 0 Å². The van der Waals surface area contributed by atoms with Crippen molar-refractivity contribution < 1.29 is 17.6 Å². The molecule has 0 atom stereocenters. The van der Waals surface area contributed by atoms with Gasteiger partial charge in [0, 0.05) is 6.54 Å². The number of alkyl halides is 4. The van der Waals surface area contributed by atoms with Gasteiger partial charge in [-0.05, 0) is 12.1 Å². The summed E-state index contributed by atoms with van der Waals surface area (Å²) in [5, 5.41) is 0. The number of aryl methyl sites for hydroxylation is 1. The maximum atomic E-state index is 13.4. The van der Waals surface area contributed by atoms with E-state index in [1.54, 1.807) is 0 Å². The maximum Gasteiger partial charge on any atom is 0.390 e. The molecule has 7 heteroatoms. The zero-order valence-electron chi connectivity index (χ0n) is 9.14. The maximum absolute atomic E-state index is 13.4. The van der Waals surface area contributed by atoms with Crippen molar-refractivity contribution in [2.24, 2.45) is 0 Å². The van der Waals surface area contributed by atoms with Gasteiger partial charge in [-0.2, -0.15) is 13.2 Å². The van der Waals surface area contributed by atoms with E-state index in [1.807, 2.05) is 0 Å². The SMILES string of the molecule is Fc1cccc2c1nc(CCl)n2CCC(F)(F)F. The van der Waals surface area contributed by atoms with Crippen LogP contribution in [0.15, 0.2) is 18.2 Å². The first kappa shape index (κ1) is 13.1. The fourth-order valence-corrected chi connectivity index (χ4v) is 1.96. The standard InChI is InChI=1S/C11H9ClF4N2/c12-6-9-17-10-7(13)2-1-3-8(10)18(9)5-4-11(14,15)16/h1-3H,4-6H2. The van der Waals surface area contributed by atoms with Crippen LogP contribution in [0.25, 0.3) is 11.0 Å². The molecule has 0 radical (unpaired) electrons. The second-order valence-corrected chi connectivity index (χ2v) is 4.05. The minimum Gasteiger partial charge on any atom is -0.327 e. The molecule has 1 aromatic carbocycles. The Bertz CT molecular complexity index is 562. The number of para-hydroxylation sites is 1. The highest BCUT2D eigenvalue weighted by atomic mass is 35.5. The second-order valence-electron chi connectivity index (χ2n) is 3.79. The largest absolute Gasteiger partial charge is 0.390 e. The molecule has 18 heavy (non-hydrogen) atoms. The highest BCUT2D eigenvalue weighted by Gasteiger charge is 2.27. The first-order valence-corrected chi connectivity index (χ1v) is 5.72. The Hall–Kier alpha value is -1.30. The summed E-state index contributed by atoms with van der Waals surface area (Å²) in [6, 6.07) is 4.17. The summed E-state index contributed by atoms with van der Waals surface area (Å²) < 4.78 is 51.4. The summed E-state index contributed by atoms with van der Waals surface area (Å²) in [5.41, 5.74) is 0.380. The van der Waals surface area contributed by atoms with Crippen molar-refractivity contribution in [3.63, 3.8) is 0 Å². The van der Waals surface area contributed by atoms with Crippen molar-refractivity contribution in [3.8, 4) is 0 Å². The number of imidazole rings is 1. The smallest absolute Gasteiger partial charge is 0.327 e. The van der Waals surface area contributed by atoms with Crippen LogP contribution in [0.4, 0.5) is 17.6 Å². The van der Waals surface area contributed by atoms with E-state index in [-0.39, 0.29) is 23.8 Å². The molecule has 1 heterocycles. The Balaban J connectivity index is 2.44. The van der Waals surface area contributed by atoms with Gasteiger partial charge in [0.25, 0.3) is 0 Å². The van der Waals surface area contributed by atoms with Crippen molar-refractivity contribution in [2.45, 2.75) is 25.0 Å². The summed E-state index contributed by atoms with van der Waals surface area (Å²) >= 11 is 5.62. The third kappa shape index (κ3) is 2.58. The first-order valence-electron chi connectivity index (χ1n) is 5.18. The lowest BCUT2D eigenvalue weighted by molar-refractivity contribution is -0.136. The summed E-state index contributed by atoms with van der Waals surface area (Å²) in [6.07, 6.45) is -5.27. The molecular weight excluding hydrogens is 272 g/mol. The van der Waals surface area contributed by atoms with Crippen molar-refractivity contribution in [2.75, 3.05) is 0 Å². The fourth-order valence-electron chi connectivity index (χ4n) is 1.75. The van der Waals surface area contributed by atoms with E-state index in [0.717, 1.165) is 0 Å². The van der Waals surface area contributed by atoms with E-state index >= 15 is 0 Å². The van der Waals surface area contributed by atoms with Crippen LogP contribution in [0.1, 0.15) is 12.2 Å². The van der Waals surface area contributed by atoms with Gasteiger partial charge in [-0.15, -0.1) is 11.6 Å². The van der Waals surface area contributed by atoms with Gasteiger partial charge in [0.2, 0.25) is 0 Å². The fraction of sp³-hybridized carbons (Fsp3) is 0.364. The quantitative estimate of drug-likeness (QED) is 0.616. The number of hydrogen-bond donors (Lipinski definition) is 0. The topological polar surface area (TPSA) is 17.8 Å². The number of fused-ring (bicyclic) bond motifs is 1. The van der Waals surface area contributed by atoms with Crippen molar-refractivity contribution in [1.82, 2.24) is 9.55 Å². The average Bonchev–Trinajstić information content (AvgIpc) is 2.65. The Kier molecular flexibility index (Phi) is 3.47. The number of hydrogen-bond acceptors (Lipinski definition) is 1. The zero-order valence-corrected chi connectivity index (χ0v) is 9.89. The molecule has 1 aromatic heterocycles. The van der Waals surface area contributed by atoms with Crippen molar-refractivity contribution in [1.29, 1.82) is 0 Å². The molecule has 0 saturated carbocycles. The van der Waals surface area contributed by atoms with E-state index in [2.05, 4.69) is 4.98 Å². The van der Waals surface area contributed by atoms with E-state index < -0.39 is 18.4 Å². The molecule has 0 aliphatic heterocycles. The zero-order chi connectivity index (χ0) is 13.3. The molecule has 0 bridgehead atoms. The predicted octanol–water partition coefficient (Wildman–Crippen LogP) is 3.87. The molecule has 0 aliphatic carbocycles. The van der Waals surface area contributed by atoms with Crippen LogP contribution in [0.5, 0.6) is 0 Å². The molecule has 0 N–H and O–H groups in total. The van der Waals surface area contributed by atoms with Crippen LogP contribution in [0.3, 0.4) is 0 Å². The summed E-state index contributed by atoms with van der Waals surface area (Å²) in [5.74, 6) is -0.392. The third-order valence-electron chi connectivity index (χ3n) is 2.55. The number of rotatable bonds is 3. The Labute approximate surface area is 105 Å². The van der Waals surface area contributed by atoms with Crippen LogP contribution in [0.2, 0.25) is 0 Å². The van der Waals surface area contributed by atoms with Crippen LogP contribution in [0, 0.1) is 5.82 Å². The van der Waals surface area contributed by atoms with Crippen LogP contribution in [-0.2, 0) is 12.4 Å². The van der Waals surface area contributed by atoms with E-state index in [9.17, 15) is 17.6 Å². The number of aromatic nitrogens is 2. The third-order valence-corrected chi connectivity index (χ3v) is 2.79. The minimum atomic E-state index is -4.27. The van der Waals surface area contributed by atoms with Gasteiger partial charge in [-0.1, -0.05) is 6.07 Å². The lowest BCUT2D eigenvalue weighted by atomic mass is 10.3. The minimum absolute atomic E-state index is 0.0512. The van der Waals surface area contributed by atoms with E-state index in [1.165, 1.54) is 22.8 Å². The Morgan fingerprint density at radius 1 is 1.28 bits per heavy atom. The Morgan fingerprint density at radius 2 is 2.00 bits per heavy atom. The first-order chi connectivity index (χ1) is 8.42. The molecular formula is C11H9ClF4N2. The lowest BCUT2D eigenvalue weighted by Crippen LogP contribution is -2.13. The molecule has 0 fully saturated rings. The van der Waals surface area contributed by atoms with E-state index in [4.69, 9.17) is 11.6 Å². The second kappa shape index (κ2) is 4.76. The highest BCUT2D eigenvalue weighted by molar-refractivity contribution is 6.16. The Morgan fingerprint density at radius 3 is 2.61 bits per heavy atom. The molecule has 0 amide bonds. The van der Waals surface area contributed by atoms with Gasteiger partial charge in [0.1, 0.15) is 11.3 Å². The number of benzene rings is 1. The van der Waals surface area contributed by atoms with Gasteiger partial charge >= 0.3 is 6.18 Å². The van der Waals surface area contributed by atoms with Crippen molar-refractivity contribution >= 4 is 22.6 Å². The molecule has 0 saturated heterocycles. The molecule has 0 unspecified atom stereocenters. The highest BCUT2D eigenvalue weighted by Crippen LogP contribution is 2.25. The van der Waals surface area contributed by atoms with Crippen LogP contribution in [-0.4, -0.2) is 15.7 Å². The van der Waals surface area contributed by atoms with Gasteiger partial charge in [0.15, 0.2) is 5.82 Å². The summed E-state index contributed by atoms with van der Waals surface area (Å²) in [6.45, 7) is -0.314. The number of nitrogens with zero attached hydrogens (tertiary/aromatic N) is 2. The average molecular weight is 281 g/mol. The summed E-state index contributed by atoms with van der Waals surface area (Å²) in [7, 11) is 0. The van der Waals surface area contributed by atoms with Gasteiger partial charge in [0.05, 0.1) is 17.8 Å². The number of halogens is 5. The predicted molar refractivity (Wildman–Crippen MR) is 59.9 cm³/mol. The van der Waals surface area contributed by atoms with Crippen molar-refractivity contribution in [3.05, 3.63) is 29.8 Å². The van der Waals surface area contributed by atoms with E-state index in [0.29, 0.717) is 5.52 Å². The molecule has 0 aliphatic rings. The molecule has 98 valence electrons.